The van der Waals surface area contributed by atoms with Crippen molar-refractivity contribution in [1.82, 2.24) is 25.0 Å². The molecule has 0 amide bonds. The number of benzene rings is 2. The minimum atomic E-state index is -0.189. The number of hydrazone groups is 1. The standard InChI is InChI=1S/C20H17N7O/c1-14-17(19(28)27(26-14)16-10-6-3-7-11-16)12-21-24-20-23-18(13-22-25-20)15-8-4-2-5-9-15/h2-13,26H,1H3,(H,23,24,25)/b21-12+. The first-order valence-corrected chi connectivity index (χ1v) is 8.63. The van der Waals surface area contributed by atoms with Gasteiger partial charge < -0.3 is 0 Å². The normalized spacial score (nSPS) is 11.0. The molecule has 138 valence electrons. The molecule has 2 heterocycles. The van der Waals surface area contributed by atoms with Crippen LogP contribution in [0, 0.1) is 6.92 Å². The van der Waals surface area contributed by atoms with Gasteiger partial charge in [0.15, 0.2) is 0 Å². The molecule has 0 saturated carbocycles. The minimum absolute atomic E-state index is 0.189. The Labute approximate surface area is 160 Å². The topological polar surface area (TPSA) is 101 Å². The molecule has 0 unspecified atom stereocenters. The van der Waals surface area contributed by atoms with Gasteiger partial charge in [0.2, 0.25) is 0 Å². The maximum atomic E-state index is 12.6. The molecule has 4 rings (SSSR count). The minimum Gasteiger partial charge on any atom is -0.295 e. The fourth-order valence-electron chi connectivity index (χ4n) is 2.72. The third-order valence-electron chi connectivity index (χ3n) is 4.12. The van der Waals surface area contributed by atoms with Crippen molar-refractivity contribution in [1.29, 1.82) is 0 Å². The Hall–Kier alpha value is -4.07. The summed E-state index contributed by atoms with van der Waals surface area (Å²) in [4.78, 5) is 17.0. The smallest absolute Gasteiger partial charge is 0.280 e. The van der Waals surface area contributed by atoms with Crippen molar-refractivity contribution in [3.63, 3.8) is 0 Å². The number of aromatic amines is 1. The Kier molecular flexibility index (Phi) is 4.75. The summed E-state index contributed by atoms with van der Waals surface area (Å²) in [5.41, 5.74) is 6.06. The van der Waals surface area contributed by atoms with Crippen molar-refractivity contribution in [2.75, 3.05) is 5.43 Å². The number of nitrogens with one attached hydrogen (secondary N) is 2. The summed E-state index contributed by atoms with van der Waals surface area (Å²) < 4.78 is 1.48. The lowest BCUT2D eigenvalue weighted by molar-refractivity contribution is 0.835. The highest BCUT2D eigenvalue weighted by molar-refractivity contribution is 5.81. The summed E-state index contributed by atoms with van der Waals surface area (Å²) in [6.45, 7) is 1.82. The Morgan fingerprint density at radius 2 is 1.79 bits per heavy atom. The summed E-state index contributed by atoms with van der Waals surface area (Å²) in [5.74, 6) is 0.245. The molecule has 0 radical (unpaired) electrons. The van der Waals surface area contributed by atoms with E-state index in [9.17, 15) is 4.79 Å². The molecule has 0 fully saturated rings. The summed E-state index contributed by atoms with van der Waals surface area (Å²) in [5, 5.41) is 15.0. The molecule has 0 aliphatic heterocycles. The van der Waals surface area contributed by atoms with Crippen LogP contribution in [0.5, 0.6) is 0 Å². The third kappa shape index (κ3) is 3.56. The summed E-state index contributed by atoms with van der Waals surface area (Å²) in [7, 11) is 0. The second kappa shape index (κ2) is 7.67. The van der Waals surface area contributed by atoms with E-state index < -0.39 is 0 Å². The molecule has 0 spiro atoms. The van der Waals surface area contributed by atoms with E-state index in [1.807, 2.05) is 67.6 Å². The van der Waals surface area contributed by atoms with Gasteiger partial charge in [0.25, 0.3) is 11.5 Å². The summed E-state index contributed by atoms with van der Waals surface area (Å²) in [6, 6.07) is 19.0. The molecule has 4 aromatic rings. The molecule has 8 nitrogen and oxygen atoms in total. The van der Waals surface area contributed by atoms with Crippen LogP contribution in [-0.4, -0.2) is 31.2 Å². The number of anilines is 1. The number of rotatable bonds is 5. The monoisotopic (exact) mass is 371 g/mol. The van der Waals surface area contributed by atoms with E-state index >= 15 is 0 Å². The quantitative estimate of drug-likeness (QED) is 0.415. The van der Waals surface area contributed by atoms with Crippen LogP contribution in [0.3, 0.4) is 0 Å². The van der Waals surface area contributed by atoms with Crippen LogP contribution in [0.15, 0.2) is 76.8 Å². The van der Waals surface area contributed by atoms with E-state index in [-0.39, 0.29) is 11.5 Å². The molecular weight excluding hydrogens is 354 g/mol. The second-order valence-corrected chi connectivity index (χ2v) is 6.03. The van der Waals surface area contributed by atoms with E-state index in [4.69, 9.17) is 0 Å². The van der Waals surface area contributed by atoms with Crippen molar-refractivity contribution in [3.8, 4) is 16.9 Å². The Morgan fingerprint density at radius 1 is 1.07 bits per heavy atom. The molecule has 2 aromatic heterocycles. The molecule has 0 bridgehead atoms. The Balaban J connectivity index is 1.55. The van der Waals surface area contributed by atoms with E-state index in [1.165, 1.54) is 10.9 Å². The SMILES string of the molecule is Cc1[nH]n(-c2ccccc2)c(=O)c1/C=N/Nc1nncc(-c2ccccc2)n1. The Bertz CT molecular complexity index is 1160. The van der Waals surface area contributed by atoms with Gasteiger partial charge in [0.1, 0.15) is 0 Å². The highest BCUT2D eigenvalue weighted by Crippen LogP contribution is 2.15. The molecular formula is C20H17N7O. The highest BCUT2D eigenvalue weighted by Gasteiger charge is 2.10. The molecule has 0 aliphatic rings. The highest BCUT2D eigenvalue weighted by atomic mass is 16.1. The zero-order valence-corrected chi connectivity index (χ0v) is 15.1. The lowest BCUT2D eigenvalue weighted by atomic mass is 10.2. The Morgan fingerprint density at radius 3 is 2.54 bits per heavy atom. The van der Waals surface area contributed by atoms with Crippen molar-refractivity contribution in [3.05, 3.63) is 88.5 Å². The van der Waals surface area contributed by atoms with Crippen LogP contribution in [-0.2, 0) is 0 Å². The van der Waals surface area contributed by atoms with Gasteiger partial charge in [-0.05, 0) is 19.1 Å². The van der Waals surface area contributed by atoms with E-state index in [0.717, 1.165) is 11.3 Å². The van der Waals surface area contributed by atoms with Gasteiger partial charge in [0.05, 0.1) is 29.4 Å². The molecule has 0 atom stereocenters. The first kappa shape index (κ1) is 17.3. The van der Waals surface area contributed by atoms with Gasteiger partial charge in [-0.1, -0.05) is 48.5 Å². The van der Waals surface area contributed by atoms with E-state index in [0.29, 0.717) is 17.0 Å². The third-order valence-corrected chi connectivity index (χ3v) is 4.12. The van der Waals surface area contributed by atoms with Gasteiger partial charge in [0, 0.05) is 11.3 Å². The zero-order valence-electron chi connectivity index (χ0n) is 15.1. The maximum absolute atomic E-state index is 12.6. The lowest BCUT2D eigenvalue weighted by Crippen LogP contribution is -2.17. The van der Waals surface area contributed by atoms with Gasteiger partial charge >= 0.3 is 0 Å². The maximum Gasteiger partial charge on any atom is 0.280 e. The lowest BCUT2D eigenvalue weighted by Gasteiger charge is -2.01. The van der Waals surface area contributed by atoms with Crippen molar-refractivity contribution in [2.45, 2.75) is 6.92 Å². The van der Waals surface area contributed by atoms with Crippen LogP contribution in [0.2, 0.25) is 0 Å². The number of aromatic nitrogens is 5. The number of hydrogen-bond donors (Lipinski definition) is 2. The number of para-hydroxylation sites is 1. The molecule has 0 saturated heterocycles. The van der Waals surface area contributed by atoms with Crippen molar-refractivity contribution >= 4 is 12.2 Å². The zero-order chi connectivity index (χ0) is 19.3. The van der Waals surface area contributed by atoms with Gasteiger partial charge in [-0.25, -0.2) is 15.1 Å². The average molecular weight is 371 g/mol. The number of H-pyrrole nitrogens is 1. The molecule has 2 aromatic carbocycles. The predicted octanol–water partition coefficient (Wildman–Crippen LogP) is 2.77. The van der Waals surface area contributed by atoms with Gasteiger partial charge in [-0.2, -0.15) is 10.2 Å². The van der Waals surface area contributed by atoms with Gasteiger partial charge in [-0.15, -0.1) is 5.10 Å². The fraction of sp³-hybridized carbons (Fsp3) is 0.0500. The van der Waals surface area contributed by atoms with Crippen LogP contribution < -0.4 is 11.0 Å². The van der Waals surface area contributed by atoms with Crippen molar-refractivity contribution < 1.29 is 0 Å². The van der Waals surface area contributed by atoms with Crippen LogP contribution in [0.25, 0.3) is 16.9 Å². The number of nitrogens with zero attached hydrogens (tertiary/aromatic N) is 5. The van der Waals surface area contributed by atoms with E-state index in [2.05, 4.69) is 30.8 Å². The average Bonchev–Trinajstić information content (AvgIpc) is 3.03. The molecule has 28 heavy (non-hydrogen) atoms. The second-order valence-electron chi connectivity index (χ2n) is 6.03. The van der Waals surface area contributed by atoms with Crippen molar-refractivity contribution in [2.24, 2.45) is 5.10 Å². The van der Waals surface area contributed by atoms with Crippen LogP contribution in [0.4, 0.5) is 5.95 Å². The first-order chi connectivity index (χ1) is 13.7. The van der Waals surface area contributed by atoms with Crippen LogP contribution in [0.1, 0.15) is 11.3 Å². The molecule has 2 N–H and O–H groups in total. The first-order valence-electron chi connectivity index (χ1n) is 8.63. The largest absolute Gasteiger partial charge is 0.295 e. The molecule has 8 heteroatoms. The summed E-state index contributed by atoms with van der Waals surface area (Å²) >= 11 is 0. The van der Waals surface area contributed by atoms with E-state index in [1.54, 1.807) is 6.20 Å². The summed E-state index contributed by atoms with van der Waals surface area (Å²) in [6.07, 6.45) is 3.03. The molecule has 0 aliphatic carbocycles. The predicted molar refractivity (Wildman–Crippen MR) is 108 cm³/mol. The van der Waals surface area contributed by atoms with Crippen LogP contribution >= 0.6 is 0 Å². The number of hydrogen-bond acceptors (Lipinski definition) is 6. The fourth-order valence-corrected chi connectivity index (χ4v) is 2.72. The van der Waals surface area contributed by atoms with Gasteiger partial charge in [-0.3, -0.25) is 9.89 Å². The number of aryl methyl sites for hydroxylation is 1.